The van der Waals surface area contributed by atoms with Crippen molar-refractivity contribution in [3.63, 3.8) is 0 Å². The summed E-state index contributed by atoms with van der Waals surface area (Å²) in [4.78, 5) is 23.3. The maximum Gasteiger partial charge on any atom is 0.209 e. The highest BCUT2D eigenvalue weighted by Gasteiger charge is 2.16. The Hall–Kier alpha value is -1.85. The number of aromatic nitrogens is 2. The van der Waals surface area contributed by atoms with Crippen LogP contribution in [0.15, 0.2) is 12.4 Å². The van der Waals surface area contributed by atoms with Crippen molar-refractivity contribution >= 4 is 18.0 Å². The monoisotopic (exact) mass is 277 g/mol. The van der Waals surface area contributed by atoms with Gasteiger partial charge in [0.05, 0.1) is 0 Å². The predicted molar refractivity (Wildman–Crippen MR) is 79.9 cm³/mol. The lowest BCUT2D eigenvalue weighted by Gasteiger charge is -2.33. The first kappa shape index (κ1) is 14.6. The minimum atomic E-state index is 0.757. The molecular weight excluding hydrogens is 254 g/mol. The van der Waals surface area contributed by atoms with Crippen LogP contribution in [0.5, 0.6) is 0 Å². The van der Waals surface area contributed by atoms with Crippen molar-refractivity contribution in [1.29, 1.82) is 0 Å². The molecule has 1 N–H and O–H groups in total. The number of piperazine rings is 1. The molecule has 0 spiro atoms. The number of nitrogens with zero attached hydrogens (tertiary/aromatic N) is 4. The van der Waals surface area contributed by atoms with Gasteiger partial charge in [0.25, 0.3) is 0 Å². The standard InChI is InChI=1S/C14H23N5O/c1-2-3-4-5-15-13-10-14(17-11-16-13)19-8-6-18(12-20)7-9-19/h10-12H,2-9H2,1H3,(H,15,16,17). The minimum Gasteiger partial charge on any atom is -0.370 e. The summed E-state index contributed by atoms with van der Waals surface area (Å²) in [5.74, 6) is 1.81. The zero-order valence-corrected chi connectivity index (χ0v) is 12.1. The Labute approximate surface area is 120 Å². The number of nitrogens with one attached hydrogen (secondary N) is 1. The Balaban J connectivity index is 1.87. The molecule has 1 aromatic rings. The zero-order valence-electron chi connectivity index (χ0n) is 12.1. The van der Waals surface area contributed by atoms with Crippen LogP contribution in [0.25, 0.3) is 0 Å². The van der Waals surface area contributed by atoms with E-state index in [-0.39, 0.29) is 0 Å². The van der Waals surface area contributed by atoms with Gasteiger partial charge in [-0.25, -0.2) is 9.97 Å². The molecule has 2 rings (SSSR count). The summed E-state index contributed by atoms with van der Waals surface area (Å²) in [6.45, 7) is 6.31. The third-order valence-corrected chi connectivity index (χ3v) is 3.53. The quantitative estimate of drug-likeness (QED) is 0.602. The second-order valence-electron chi connectivity index (χ2n) is 5.02. The number of amides is 1. The summed E-state index contributed by atoms with van der Waals surface area (Å²) in [6, 6.07) is 1.99. The van der Waals surface area contributed by atoms with E-state index in [1.165, 1.54) is 12.8 Å². The van der Waals surface area contributed by atoms with Gasteiger partial charge in [-0.2, -0.15) is 0 Å². The molecule has 1 aliphatic heterocycles. The first-order chi connectivity index (χ1) is 9.83. The van der Waals surface area contributed by atoms with Crippen molar-refractivity contribution in [2.24, 2.45) is 0 Å². The molecule has 1 saturated heterocycles. The second kappa shape index (κ2) is 7.67. The number of carbonyl (C=O) groups excluding carboxylic acids is 1. The van der Waals surface area contributed by atoms with E-state index < -0.39 is 0 Å². The highest BCUT2D eigenvalue weighted by atomic mass is 16.1. The van der Waals surface area contributed by atoms with Crippen molar-refractivity contribution in [2.45, 2.75) is 26.2 Å². The van der Waals surface area contributed by atoms with Crippen LogP contribution < -0.4 is 10.2 Å². The maximum absolute atomic E-state index is 10.7. The van der Waals surface area contributed by atoms with Gasteiger partial charge in [-0.05, 0) is 6.42 Å². The first-order valence-electron chi connectivity index (χ1n) is 7.33. The van der Waals surface area contributed by atoms with Gasteiger partial charge in [0.2, 0.25) is 6.41 Å². The van der Waals surface area contributed by atoms with E-state index in [1.807, 2.05) is 6.07 Å². The van der Waals surface area contributed by atoms with E-state index in [1.54, 1.807) is 11.2 Å². The van der Waals surface area contributed by atoms with Crippen molar-refractivity contribution < 1.29 is 4.79 Å². The molecule has 6 nitrogen and oxygen atoms in total. The number of unbranched alkanes of at least 4 members (excludes halogenated alkanes) is 2. The third kappa shape index (κ3) is 4.08. The van der Waals surface area contributed by atoms with Gasteiger partial charge in [-0.15, -0.1) is 0 Å². The highest BCUT2D eigenvalue weighted by Crippen LogP contribution is 2.15. The van der Waals surface area contributed by atoms with Crippen molar-refractivity contribution in [3.05, 3.63) is 12.4 Å². The van der Waals surface area contributed by atoms with Gasteiger partial charge in [0, 0.05) is 38.8 Å². The van der Waals surface area contributed by atoms with E-state index >= 15 is 0 Å². The Bertz CT molecular complexity index is 418. The molecule has 0 radical (unpaired) electrons. The Morgan fingerprint density at radius 1 is 1.25 bits per heavy atom. The van der Waals surface area contributed by atoms with Gasteiger partial charge in [-0.1, -0.05) is 19.8 Å². The fourth-order valence-electron chi connectivity index (χ4n) is 2.26. The molecule has 0 saturated carbocycles. The van der Waals surface area contributed by atoms with Crippen molar-refractivity contribution in [1.82, 2.24) is 14.9 Å². The van der Waals surface area contributed by atoms with Crippen LogP contribution in [0.3, 0.4) is 0 Å². The minimum absolute atomic E-state index is 0.757. The molecule has 0 atom stereocenters. The van der Waals surface area contributed by atoms with Gasteiger partial charge in [-0.3, -0.25) is 4.79 Å². The average Bonchev–Trinajstić information content (AvgIpc) is 2.52. The fraction of sp³-hybridized carbons (Fsp3) is 0.643. The molecule has 1 aromatic heterocycles. The molecule has 0 aliphatic carbocycles. The summed E-state index contributed by atoms with van der Waals surface area (Å²) >= 11 is 0. The summed E-state index contributed by atoms with van der Waals surface area (Å²) in [7, 11) is 0. The molecule has 110 valence electrons. The molecule has 0 unspecified atom stereocenters. The van der Waals surface area contributed by atoms with E-state index in [0.717, 1.165) is 57.2 Å². The van der Waals surface area contributed by atoms with Crippen LogP contribution in [-0.4, -0.2) is 54.0 Å². The molecule has 1 fully saturated rings. The zero-order chi connectivity index (χ0) is 14.2. The molecule has 1 amide bonds. The summed E-state index contributed by atoms with van der Waals surface area (Å²) in [6.07, 6.45) is 6.13. The van der Waals surface area contributed by atoms with Crippen LogP contribution in [0.4, 0.5) is 11.6 Å². The van der Waals surface area contributed by atoms with Gasteiger partial charge in [0.15, 0.2) is 0 Å². The summed E-state index contributed by atoms with van der Waals surface area (Å²) in [5, 5.41) is 3.33. The van der Waals surface area contributed by atoms with Crippen LogP contribution in [0, 0.1) is 0 Å². The van der Waals surface area contributed by atoms with E-state index in [0.29, 0.717) is 0 Å². The second-order valence-corrected chi connectivity index (χ2v) is 5.02. The molecule has 20 heavy (non-hydrogen) atoms. The largest absolute Gasteiger partial charge is 0.370 e. The number of hydrogen-bond donors (Lipinski definition) is 1. The SMILES string of the molecule is CCCCCNc1cc(N2CCN(C=O)CC2)ncn1. The number of hydrogen-bond acceptors (Lipinski definition) is 5. The third-order valence-electron chi connectivity index (χ3n) is 3.53. The molecule has 2 heterocycles. The van der Waals surface area contributed by atoms with Gasteiger partial charge >= 0.3 is 0 Å². The summed E-state index contributed by atoms with van der Waals surface area (Å²) < 4.78 is 0. The number of anilines is 2. The smallest absolute Gasteiger partial charge is 0.209 e. The predicted octanol–water partition coefficient (Wildman–Crippen LogP) is 1.36. The van der Waals surface area contributed by atoms with Crippen molar-refractivity contribution in [2.75, 3.05) is 42.9 Å². The average molecular weight is 277 g/mol. The van der Waals surface area contributed by atoms with E-state index in [4.69, 9.17) is 0 Å². The lowest BCUT2D eigenvalue weighted by Crippen LogP contribution is -2.46. The van der Waals surface area contributed by atoms with Gasteiger partial charge in [0.1, 0.15) is 18.0 Å². The summed E-state index contributed by atoms with van der Waals surface area (Å²) in [5.41, 5.74) is 0. The Morgan fingerprint density at radius 3 is 2.75 bits per heavy atom. The molecular formula is C14H23N5O. The van der Waals surface area contributed by atoms with Crippen LogP contribution in [-0.2, 0) is 4.79 Å². The Morgan fingerprint density at radius 2 is 2.05 bits per heavy atom. The number of carbonyl (C=O) groups is 1. The van der Waals surface area contributed by atoms with E-state index in [2.05, 4.69) is 27.1 Å². The molecule has 1 aliphatic rings. The Kier molecular flexibility index (Phi) is 5.58. The van der Waals surface area contributed by atoms with Crippen molar-refractivity contribution in [3.8, 4) is 0 Å². The van der Waals surface area contributed by atoms with Crippen LogP contribution in [0.2, 0.25) is 0 Å². The molecule has 0 aromatic carbocycles. The highest BCUT2D eigenvalue weighted by molar-refractivity contribution is 5.51. The first-order valence-corrected chi connectivity index (χ1v) is 7.33. The molecule has 6 heteroatoms. The topological polar surface area (TPSA) is 61.4 Å². The maximum atomic E-state index is 10.7. The molecule has 0 bridgehead atoms. The van der Waals surface area contributed by atoms with Crippen LogP contribution in [0.1, 0.15) is 26.2 Å². The normalized spacial score (nSPS) is 15.2. The van der Waals surface area contributed by atoms with E-state index in [9.17, 15) is 4.79 Å². The number of rotatable bonds is 7. The lowest BCUT2D eigenvalue weighted by molar-refractivity contribution is -0.118. The lowest BCUT2D eigenvalue weighted by atomic mass is 10.2. The van der Waals surface area contributed by atoms with Crippen LogP contribution >= 0.6 is 0 Å². The van der Waals surface area contributed by atoms with Gasteiger partial charge < -0.3 is 15.1 Å². The fourth-order valence-corrected chi connectivity index (χ4v) is 2.26.